The maximum Gasteiger partial charge on any atom is 0.357 e. The highest BCUT2D eigenvalue weighted by Gasteiger charge is 2.49. The van der Waals surface area contributed by atoms with Crippen molar-refractivity contribution >= 4 is 28.3 Å². The molecule has 3 aliphatic rings. The SMILES string of the molecule is CCOC(=O)c1csc(CNC23CCC(CCc4c(F)cnc5ccc(OC)nc45)(CC2)OC3)n1. The number of nitrogens with zero attached hydrogens (tertiary/aromatic N) is 3. The van der Waals surface area contributed by atoms with Crippen LogP contribution in [0.1, 0.15) is 60.1 Å². The molecule has 8 nitrogen and oxygen atoms in total. The summed E-state index contributed by atoms with van der Waals surface area (Å²) in [4.78, 5) is 24.9. The zero-order chi connectivity index (χ0) is 24.5. The maximum atomic E-state index is 14.7. The molecule has 3 fully saturated rings. The molecule has 0 aromatic carbocycles. The van der Waals surface area contributed by atoms with Crippen LogP contribution in [0.3, 0.4) is 0 Å². The first kappa shape index (κ1) is 24.0. The number of rotatable bonds is 9. The number of carbonyl (C=O) groups excluding carboxylic acids is 1. The number of aryl methyl sites for hydroxylation is 1. The maximum absolute atomic E-state index is 14.7. The molecule has 1 saturated carbocycles. The van der Waals surface area contributed by atoms with Gasteiger partial charge in [-0.3, -0.25) is 4.98 Å². The average molecular weight is 501 g/mol. The summed E-state index contributed by atoms with van der Waals surface area (Å²) in [5, 5.41) is 6.23. The minimum absolute atomic E-state index is 0.0962. The summed E-state index contributed by atoms with van der Waals surface area (Å²) in [5.41, 5.74) is 1.78. The van der Waals surface area contributed by atoms with Gasteiger partial charge in [0.15, 0.2) is 5.69 Å². The van der Waals surface area contributed by atoms with Crippen LogP contribution < -0.4 is 10.1 Å². The van der Waals surface area contributed by atoms with Gasteiger partial charge < -0.3 is 19.5 Å². The van der Waals surface area contributed by atoms with Gasteiger partial charge >= 0.3 is 5.97 Å². The fourth-order valence-corrected chi connectivity index (χ4v) is 5.75. The fourth-order valence-electron chi connectivity index (χ4n) is 5.05. The molecule has 3 aromatic rings. The number of pyridine rings is 2. The van der Waals surface area contributed by atoms with Crippen LogP contribution in [0.5, 0.6) is 5.88 Å². The van der Waals surface area contributed by atoms with Gasteiger partial charge in [0, 0.05) is 29.1 Å². The number of carbonyl (C=O) groups is 1. The molecule has 1 N–H and O–H groups in total. The van der Waals surface area contributed by atoms with Gasteiger partial charge in [0.2, 0.25) is 5.88 Å². The smallest absolute Gasteiger partial charge is 0.357 e. The Morgan fingerprint density at radius 3 is 2.80 bits per heavy atom. The van der Waals surface area contributed by atoms with Gasteiger partial charge in [0.1, 0.15) is 10.8 Å². The van der Waals surface area contributed by atoms with Crippen LogP contribution in [0, 0.1) is 5.82 Å². The van der Waals surface area contributed by atoms with Crippen molar-refractivity contribution in [1.82, 2.24) is 20.3 Å². The lowest BCUT2D eigenvalue weighted by Crippen LogP contribution is -2.61. The highest BCUT2D eigenvalue weighted by molar-refractivity contribution is 7.09. The lowest BCUT2D eigenvalue weighted by molar-refractivity contribution is -0.165. The molecule has 6 rings (SSSR count). The molecule has 2 saturated heterocycles. The Hall–Kier alpha value is -2.69. The van der Waals surface area contributed by atoms with Gasteiger partial charge in [-0.25, -0.2) is 19.2 Å². The summed E-state index contributed by atoms with van der Waals surface area (Å²) in [6.07, 6.45) is 6.31. The molecule has 5 heterocycles. The van der Waals surface area contributed by atoms with Crippen molar-refractivity contribution in [2.45, 2.75) is 63.1 Å². The van der Waals surface area contributed by atoms with Gasteiger partial charge in [-0.2, -0.15) is 0 Å². The van der Waals surface area contributed by atoms with Crippen LogP contribution in [0.25, 0.3) is 11.0 Å². The normalized spacial score (nSPS) is 23.5. The summed E-state index contributed by atoms with van der Waals surface area (Å²) < 4.78 is 31.4. The van der Waals surface area contributed by atoms with E-state index >= 15 is 0 Å². The Kier molecular flexibility index (Phi) is 6.69. The zero-order valence-corrected chi connectivity index (χ0v) is 20.8. The number of hydrogen-bond donors (Lipinski definition) is 1. The van der Waals surface area contributed by atoms with Crippen LogP contribution in [-0.2, 0) is 22.4 Å². The number of fused-ring (bicyclic) bond motifs is 4. The van der Waals surface area contributed by atoms with E-state index in [-0.39, 0.29) is 22.9 Å². The first-order valence-electron chi connectivity index (χ1n) is 11.9. The summed E-state index contributed by atoms with van der Waals surface area (Å²) in [5.74, 6) is -0.284. The second-order valence-electron chi connectivity index (χ2n) is 9.26. The van der Waals surface area contributed by atoms with Gasteiger partial charge in [0.05, 0.1) is 43.2 Å². The van der Waals surface area contributed by atoms with Crippen LogP contribution >= 0.6 is 11.3 Å². The number of thiazole rings is 1. The molecule has 0 amide bonds. The predicted octanol–water partition coefficient (Wildman–Crippen LogP) is 4.21. The van der Waals surface area contributed by atoms with Crippen molar-refractivity contribution in [2.24, 2.45) is 0 Å². The van der Waals surface area contributed by atoms with Crippen molar-refractivity contribution in [1.29, 1.82) is 0 Å². The number of aromatic nitrogens is 3. The molecular weight excluding hydrogens is 471 g/mol. The topological polar surface area (TPSA) is 95.5 Å². The molecule has 2 bridgehead atoms. The van der Waals surface area contributed by atoms with Crippen LogP contribution in [0.15, 0.2) is 23.7 Å². The third-order valence-corrected chi connectivity index (χ3v) is 8.05. The molecule has 10 heteroatoms. The van der Waals surface area contributed by atoms with E-state index in [1.54, 1.807) is 31.5 Å². The van der Waals surface area contributed by atoms with Crippen LogP contribution in [0.4, 0.5) is 4.39 Å². The van der Waals surface area contributed by atoms with E-state index in [9.17, 15) is 9.18 Å². The zero-order valence-electron chi connectivity index (χ0n) is 19.9. The lowest BCUT2D eigenvalue weighted by Gasteiger charge is -2.53. The van der Waals surface area contributed by atoms with E-state index in [4.69, 9.17) is 14.2 Å². The fraction of sp³-hybridized carbons (Fsp3) is 0.520. The van der Waals surface area contributed by atoms with E-state index in [0.29, 0.717) is 54.4 Å². The van der Waals surface area contributed by atoms with Crippen molar-refractivity contribution in [3.8, 4) is 5.88 Å². The molecule has 0 radical (unpaired) electrons. The van der Waals surface area contributed by atoms with Gasteiger partial charge in [0.25, 0.3) is 0 Å². The van der Waals surface area contributed by atoms with Crippen molar-refractivity contribution in [3.05, 3.63) is 45.8 Å². The Labute approximate surface area is 207 Å². The van der Waals surface area contributed by atoms with Gasteiger partial charge in [-0.15, -0.1) is 11.3 Å². The van der Waals surface area contributed by atoms with Crippen molar-refractivity contribution < 1.29 is 23.4 Å². The predicted molar refractivity (Wildman–Crippen MR) is 129 cm³/mol. The first-order valence-corrected chi connectivity index (χ1v) is 12.8. The average Bonchev–Trinajstić information content (AvgIpc) is 3.37. The Morgan fingerprint density at radius 1 is 1.26 bits per heavy atom. The monoisotopic (exact) mass is 500 g/mol. The number of esters is 1. The minimum Gasteiger partial charge on any atom is -0.481 e. The van der Waals surface area contributed by atoms with E-state index in [0.717, 1.165) is 37.1 Å². The largest absolute Gasteiger partial charge is 0.481 e. The highest BCUT2D eigenvalue weighted by Crippen LogP contribution is 2.46. The van der Waals surface area contributed by atoms with E-state index < -0.39 is 0 Å². The molecule has 186 valence electrons. The second kappa shape index (κ2) is 9.75. The van der Waals surface area contributed by atoms with Crippen LogP contribution in [-0.4, -0.2) is 52.4 Å². The molecule has 2 aliphatic heterocycles. The quantitative estimate of drug-likeness (QED) is 0.437. The molecule has 0 atom stereocenters. The number of methoxy groups -OCH3 is 1. The van der Waals surface area contributed by atoms with Gasteiger partial charge in [-0.1, -0.05) is 0 Å². The Balaban J connectivity index is 1.21. The second-order valence-corrected chi connectivity index (χ2v) is 10.2. The third kappa shape index (κ3) is 4.87. The lowest BCUT2D eigenvalue weighted by atomic mass is 9.69. The van der Waals surface area contributed by atoms with Crippen molar-refractivity contribution in [3.63, 3.8) is 0 Å². The van der Waals surface area contributed by atoms with E-state index in [1.165, 1.54) is 17.5 Å². The number of halogens is 1. The molecule has 1 aliphatic carbocycles. The Bertz CT molecular complexity index is 1210. The van der Waals surface area contributed by atoms with E-state index in [1.807, 2.05) is 0 Å². The summed E-state index contributed by atoms with van der Waals surface area (Å²) >= 11 is 1.45. The standard InChI is InChI=1S/C25H29FN4O4S/c1-3-33-23(31)19-14-35-21(29-19)13-28-24-8-10-25(11-9-24,34-15-24)7-6-16-17(26)12-27-18-4-5-20(32-2)30-22(16)18/h4-5,12,14,28H,3,6-11,13,15H2,1-2H3. The Morgan fingerprint density at radius 2 is 2.09 bits per heavy atom. The summed E-state index contributed by atoms with van der Waals surface area (Å²) in [7, 11) is 1.55. The van der Waals surface area contributed by atoms with E-state index in [2.05, 4.69) is 20.3 Å². The minimum atomic E-state index is -0.385. The molecule has 35 heavy (non-hydrogen) atoms. The first-order chi connectivity index (χ1) is 16.9. The molecular formula is C25H29FN4O4S. The molecule has 0 spiro atoms. The van der Waals surface area contributed by atoms with Crippen LogP contribution in [0.2, 0.25) is 0 Å². The number of nitrogens with one attached hydrogen (secondary N) is 1. The summed E-state index contributed by atoms with van der Waals surface area (Å²) in [6.45, 7) is 3.31. The highest BCUT2D eigenvalue weighted by atomic mass is 32.1. The molecule has 0 unspecified atom stereocenters. The third-order valence-electron chi connectivity index (χ3n) is 7.20. The number of hydrogen-bond acceptors (Lipinski definition) is 9. The molecule has 3 aromatic heterocycles. The summed E-state index contributed by atoms with van der Waals surface area (Å²) in [6, 6.07) is 3.54. The number of ether oxygens (including phenoxy) is 3. The van der Waals surface area contributed by atoms with Crippen molar-refractivity contribution in [2.75, 3.05) is 20.3 Å². The van der Waals surface area contributed by atoms with Gasteiger partial charge in [-0.05, 0) is 51.5 Å².